The van der Waals surface area contributed by atoms with Crippen molar-refractivity contribution in [2.45, 2.75) is 6.54 Å². The lowest BCUT2D eigenvalue weighted by Gasteiger charge is -2.18. The van der Waals surface area contributed by atoms with E-state index in [-0.39, 0.29) is 17.1 Å². The molecule has 0 aliphatic heterocycles. The van der Waals surface area contributed by atoms with E-state index in [1.165, 1.54) is 0 Å². The Morgan fingerprint density at radius 2 is 2.35 bits per heavy atom. The third-order valence-corrected chi connectivity index (χ3v) is 3.49. The summed E-state index contributed by atoms with van der Waals surface area (Å²) in [5, 5.41) is 21.8. The Bertz CT molecular complexity index is 642. The summed E-state index contributed by atoms with van der Waals surface area (Å²) in [5.74, 6) is -1.04. The number of aromatic nitrogens is 1. The second-order valence-corrected chi connectivity index (χ2v) is 5.09. The van der Waals surface area contributed by atoms with Gasteiger partial charge in [0.05, 0.1) is 11.5 Å². The highest BCUT2D eigenvalue weighted by molar-refractivity contribution is 7.09. The van der Waals surface area contributed by atoms with Gasteiger partial charge in [0, 0.05) is 18.0 Å². The number of nitrogens with zero attached hydrogens (tertiary/aromatic N) is 3. The molecule has 0 fully saturated rings. The smallest absolute Gasteiger partial charge is 0.339 e. The lowest BCUT2D eigenvalue weighted by Crippen LogP contribution is -2.20. The van der Waals surface area contributed by atoms with Crippen LogP contribution in [0.2, 0.25) is 0 Å². The number of aromatic carboxylic acids is 1. The van der Waals surface area contributed by atoms with Gasteiger partial charge in [-0.1, -0.05) is 6.07 Å². The summed E-state index contributed by atoms with van der Waals surface area (Å²) in [7, 11) is 1.69. The Labute approximate surface area is 118 Å². The number of anilines is 1. The Balaban J connectivity index is 2.35. The van der Waals surface area contributed by atoms with Crippen molar-refractivity contribution in [3.8, 4) is 0 Å². The van der Waals surface area contributed by atoms with Gasteiger partial charge < -0.3 is 10.0 Å². The van der Waals surface area contributed by atoms with Crippen LogP contribution in [-0.4, -0.2) is 28.0 Å². The molecule has 8 heteroatoms. The van der Waals surface area contributed by atoms with Crippen LogP contribution in [0.3, 0.4) is 0 Å². The first kappa shape index (κ1) is 13.9. The number of hydrogen-bond donors (Lipinski definition) is 1. The zero-order valence-electron chi connectivity index (χ0n) is 10.5. The summed E-state index contributed by atoms with van der Waals surface area (Å²) in [6.07, 6.45) is 1.06. The predicted molar refractivity (Wildman–Crippen MR) is 74.3 cm³/mol. The van der Waals surface area contributed by atoms with E-state index in [9.17, 15) is 14.9 Å². The molecule has 0 bridgehead atoms. The first-order chi connectivity index (χ1) is 9.49. The van der Waals surface area contributed by atoms with Gasteiger partial charge >= 0.3 is 5.97 Å². The van der Waals surface area contributed by atoms with E-state index >= 15 is 0 Å². The average Bonchev–Trinajstić information content (AvgIpc) is 2.90. The zero-order chi connectivity index (χ0) is 14.7. The minimum Gasteiger partial charge on any atom is -0.478 e. The van der Waals surface area contributed by atoms with E-state index in [0.717, 1.165) is 17.1 Å². The van der Waals surface area contributed by atoms with Crippen molar-refractivity contribution >= 4 is 28.8 Å². The number of carboxylic acids is 1. The third-order valence-electron chi connectivity index (χ3n) is 2.63. The SMILES string of the molecule is CN(Cc1cccs1)c1ncc([N+](=O)[O-])cc1C(=O)O. The van der Waals surface area contributed by atoms with E-state index in [4.69, 9.17) is 5.11 Å². The van der Waals surface area contributed by atoms with E-state index in [0.29, 0.717) is 6.54 Å². The normalized spacial score (nSPS) is 10.2. The summed E-state index contributed by atoms with van der Waals surface area (Å²) in [6, 6.07) is 4.85. The molecule has 0 saturated carbocycles. The number of carboxylic acid groups (broad SMARTS) is 1. The third kappa shape index (κ3) is 2.91. The summed E-state index contributed by atoms with van der Waals surface area (Å²) >= 11 is 1.54. The highest BCUT2D eigenvalue weighted by Crippen LogP contribution is 2.23. The first-order valence-corrected chi connectivity index (χ1v) is 6.48. The van der Waals surface area contributed by atoms with Crippen LogP contribution in [0, 0.1) is 10.1 Å². The van der Waals surface area contributed by atoms with E-state index in [1.807, 2.05) is 17.5 Å². The van der Waals surface area contributed by atoms with Gasteiger partial charge in [-0.3, -0.25) is 10.1 Å². The highest BCUT2D eigenvalue weighted by Gasteiger charge is 2.20. The molecule has 0 amide bonds. The van der Waals surface area contributed by atoms with Crippen LogP contribution >= 0.6 is 11.3 Å². The molecule has 0 aliphatic rings. The number of thiophene rings is 1. The van der Waals surface area contributed by atoms with Crippen LogP contribution in [0.4, 0.5) is 11.5 Å². The predicted octanol–water partition coefficient (Wildman–Crippen LogP) is 2.39. The molecule has 2 heterocycles. The Kier molecular flexibility index (Phi) is 3.94. The quantitative estimate of drug-likeness (QED) is 0.671. The Morgan fingerprint density at radius 1 is 1.60 bits per heavy atom. The molecule has 0 radical (unpaired) electrons. The Morgan fingerprint density at radius 3 is 2.90 bits per heavy atom. The molecular weight excluding hydrogens is 282 g/mol. The van der Waals surface area contributed by atoms with Crippen LogP contribution in [-0.2, 0) is 6.54 Å². The van der Waals surface area contributed by atoms with E-state index in [2.05, 4.69) is 4.98 Å². The van der Waals surface area contributed by atoms with Gasteiger partial charge in [-0.2, -0.15) is 0 Å². The van der Waals surface area contributed by atoms with Gasteiger partial charge in [-0.15, -0.1) is 11.3 Å². The van der Waals surface area contributed by atoms with Crippen molar-refractivity contribution in [3.05, 3.63) is 50.3 Å². The number of hydrogen-bond acceptors (Lipinski definition) is 6. The second-order valence-electron chi connectivity index (χ2n) is 4.06. The summed E-state index contributed by atoms with van der Waals surface area (Å²) in [6.45, 7) is 0.489. The Hall–Kier alpha value is -2.48. The van der Waals surface area contributed by atoms with Gasteiger partial charge in [0.15, 0.2) is 0 Å². The number of pyridine rings is 1. The molecule has 104 valence electrons. The molecule has 0 saturated heterocycles. The molecule has 0 unspecified atom stereocenters. The van der Waals surface area contributed by atoms with Crippen molar-refractivity contribution in [1.29, 1.82) is 0 Å². The largest absolute Gasteiger partial charge is 0.478 e. The van der Waals surface area contributed by atoms with Crippen LogP contribution in [0.1, 0.15) is 15.2 Å². The van der Waals surface area contributed by atoms with Crippen LogP contribution in [0.5, 0.6) is 0 Å². The molecule has 0 aliphatic carbocycles. The van der Waals surface area contributed by atoms with Crippen LogP contribution in [0.25, 0.3) is 0 Å². The summed E-state index contributed by atoms with van der Waals surface area (Å²) in [4.78, 5) is 27.8. The minimum atomic E-state index is -1.24. The van der Waals surface area contributed by atoms with Crippen molar-refractivity contribution in [2.24, 2.45) is 0 Å². The molecule has 0 aromatic carbocycles. The van der Waals surface area contributed by atoms with Crippen LogP contribution in [0.15, 0.2) is 29.8 Å². The average molecular weight is 293 g/mol. The fourth-order valence-corrected chi connectivity index (χ4v) is 2.48. The van der Waals surface area contributed by atoms with Crippen molar-refractivity contribution in [2.75, 3.05) is 11.9 Å². The monoisotopic (exact) mass is 293 g/mol. The van der Waals surface area contributed by atoms with Gasteiger partial charge in [-0.25, -0.2) is 9.78 Å². The fourth-order valence-electron chi connectivity index (χ4n) is 1.72. The van der Waals surface area contributed by atoms with Crippen molar-refractivity contribution in [1.82, 2.24) is 4.98 Å². The molecule has 1 N–H and O–H groups in total. The second kappa shape index (κ2) is 5.66. The van der Waals surface area contributed by atoms with Crippen molar-refractivity contribution in [3.63, 3.8) is 0 Å². The standard InChI is InChI=1S/C12H11N3O4S/c1-14(7-9-3-2-4-20-9)11-10(12(16)17)5-8(6-13-11)15(18)19/h2-6H,7H2,1H3,(H,16,17). The maximum absolute atomic E-state index is 11.2. The van der Waals surface area contributed by atoms with Gasteiger partial charge in [0.1, 0.15) is 17.6 Å². The van der Waals surface area contributed by atoms with E-state index in [1.54, 1.807) is 23.3 Å². The number of carbonyl (C=O) groups is 1. The molecule has 2 aromatic heterocycles. The van der Waals surface area contributed by atoms with Gasteiger partial charge in [-0.05, 0) is 11.4 Å². The summed E-state index contributed by atoms with van der Waals surface area (Å²) < 4.78 is 0. The van der Waals surface area contributed by atoms with Gasteiger partial charge in [0.25, 0.3) is 5.69 Å². The zero-order valence-corrected chi connectivity index (χ0v) is 11.3. The number of nitro groups is 1. The molecule has 0 spiro atoms. The van der Waals surface area contributed by atoms with Crippen molar-refractivity contribution < 1.29 is 14.8 Å². The molecule has 7 nitrogen and oxygen atoms in total. The highest BCUT2D eigenvalue weighted by atomic mass is 32.1. The summed E-state index contributed by atoms with van der Waals surface area (Å²) in [5.41, 5.74) is -0.520. The van der Waals surface area contributed by atoms with E-state index < -0.39 is 10.9 Å². The van der Waals surface area contributed by atoms with Gasteiger partial charge in [0.2, 0.25) is 0 Å². The maximum atomic E-state index is 11.2. The lowest BCUT2D eigenvalue weighted by molar-refractivity contribution is -0.385. The maximum Gasteiger partial charge on any atom is 0.339 e. The fraction of sp³-hybridized carbons (Fsp3) is 0.167. The topological polar surface area (TPSA) is 96.6 Å². The van der Waals surface area contributed by atoms with Crippen LogP contribution < -0.4 is 4.90 Å². The molecular formula is C12H11N3O4S. The molecule has 2 rings (SSSR count). The molecule has 2 aromatic rings. The minimum absolute atomic E-state index is 0.182. The molecule has 20 heavy (non-hydrogen) atoms. The lowest BCUT2D eigenvalue weighted by atomic mass is 10.2. The molecule has 0 atom stereocenters. The number of rotatable bonds is 5. The first-order valence-electron chi connectivity index (χ1n) is 5.60.